The molecule has 0 N–H and O–H groups in total. The zero-order valence-electron chi connectivity index (χ0n) is 3.61. The van der Waals surface area contributed by atoms with Crippen LogP contribution in [-0.2, 0) is 0 Å². The van der Waals surface area contributed by atoms with Crippen LogP contribution >= 0.6 is 0 Å². The van der Waals surface area contributed by atoms with E-state index in [1.807, 2.05) is 0 Å². The van der Waals surface area contributed by atoms with Crippen molar-refractivity contribution in [3.63, 3.8) is 0 Å². The van der Waals surface area contributed by atoms with Crippen molar-refractivity contribution in [3.05, 3.63) is 21.6 Å². The van der Waals surface area contributed by atoms with E-state index in [0.29, 0.717) is 0 Å². The molecule has 0 saturated carbocycles. The van der Waals surface area contributed by atoms with Crippen molar-refractivity contribution >= 4 is 0 Å². The topological polar surface area (TPSA) is 74.5 Å². The molecule has 8 heavy (non-hydrogen) atoms. The standard InChI is InChI=1S/C2N4O2/c1-4-5(2-3)6(7)8. The lowest BCUT2D eigenvalue weighted by Gasteiger charge is -1.80. The first-order valence-electron chi connectivity index (χ1n) is 1.44. The minimum atomic E-state index is -1.10. The molecule has 0 heterocycles. The Hall–Kier alpha value is -1.82. The van der Waals surface area contributed by atoms with Gasteiger partial charge < -0.3 is 0 Å². The second-order valence-corrected chi connectivity index (χ2v) is 0.727. The number of rotatable bonds is 1. The molecule has 0 aliphatic heterocycles. The van der Waals surface area contributed by atoms with Gasteiger partial charge in [0.25, 0.3) is 5.12 Å². The highest BCUT2D eigenvalue weighted by atomic mass is 16.7. The molecule has 6 heteroatoms. The van der Waals surface area contributed by atoms with Gasteiger partial charge in [0.05, 0.1) is 0 Å². The van der Waals surface area contributed by atoms with E-state index in [1.165, 1.54) is 0 Å². The second kappa shape index (κ2) is 2.37. The smallest absolute Gasteiger partial charge is 0.229 e. The van der Waals surface area contributed by atoms with E-state index in [4.69, 9.17) is 11.8 Å². The average Bonchev–Trinajstić information content (AvgIpc) is 1.69. The summed E-state index contributed by atoms with van der Waals surface area (Å²) in [5.41, 5.74) is 0. The Morgan fingerprint density at radius 1 is 2.00 bits per heavy atom. The highest BCUT2D eigenvalue weighted by molar-refractivity contribution is 4.65. The van der Waals surface area contributed by atoms with Crippen molar-refractivity contribution in [2.24, 2.45) is 0 Å². The molecule has 0 aliphatic carbocycles. The fourth-order valence-corrected chi connectivity index (χ4v) is 0.0954. The van der Waals surface area contributed by atoms with Crippen LogP contribution in [0.15, 0.2) is 0 Å². The summed E-state index contributed by atoms with van der Waals surface area (Å²) in [6.07, 6.45) is 1.03. The van der Waals surface area contributed by atoms with E-state index in [9.17, 15) is 10.1 Å². The van der Waals surface area contributed by atoms with Crippen molar-refractivity contribution in [1.29, 1.82) is 5.26 Å². The molecule has 0 aromatic rings. The summed E-state index contributed by atoms with van der Waals surface area (Å²) in [4.78, 5) is 11.7. The van der Waals surface area contributed by atoms with Crippen molar-refractivity contribution in [2.45, 2.75) is 0 Å². The van der Waals surface area contributed by atoms with Crippen LogP contribution in [0.5, 0.6) is 0 Å². The van der Waals surface area contributed by atoms with Gasteiger partial charge in [-0.2, -0.15) is 11.8 Å². The third-order valence-electron chi connectivity index (χ3n) is 0.339. The summed E-state index contributed by atoms with van der Waals surface area (Å²) in [6.45, 7) is 5.98. The number of nitro groups is 1. The molecule has 0 atom stereocenters. The lowest BCUT2D eigenvalue weighted by molar-refractivity contribution is -0.621. The molecule has 40 valence electrons. The molecule has 0 spiro atoms. The first-order valence-corrected chi connectivity index (χ1v) is 1.44. The minimum absolute atomic E-state index is 0.264. The predicted octanol–water partition coefficient (Wildman–Crippen LogP) is -0.205. The van der Waals surface area contributed by atoms with Gasteiger partial charge >= 0.3 is 6.19 Å². The van der Waals surface area contributed by atoms with Crippen molar-refractivity contribution in [2.75, 3.05) is 0 Å². The van der Waals surface area contributed by atoms with E-state index in [-0.39, 0.29) is 5.12 Å². The zero-order chi connectivity index (χ0) is 6.57. The Balaban J connectivity index is 4.02. The maximum Gasteiger partial charge on any atom is 0.334 e. The van der Waals surface area contributed by atoms with Crippen molar-refractivity contribution < 1.29 is 5.03 Å². The molecule has 0 unspecified atom stereocenters. The van der Waals surface area contributed by atoms with Gasteiger partial charge in [-0.3, -0.25) is 0 Å². The van der Waals surface area contributed by atoms with E-state index in [1.54, 1.807) is 0 Å². The fraction of sp³-hybridized carbons (Fsp3) is 0. The van der Waals surface area contributed by atoms with E-state index in [0.717, 1.165) is 6.19 Å². The highest BCUT2D eigenvalue weighted by Crippen LogP contribution is 1.82. The zero-order valence-corrected chi connectivity index (χ0v) is 3.61. The van der Waals surface area contributed by atoms with Gasteiger partial charge in [0.15, 0.2) is 0 Å². The molecule has 0 saturated heterocycles. The molecular weight excluding hydrogens is 112 g/mol. The van der Waals surface area contributed by atoms with E-state index >= 15 is 0 Å². The van der Waals surface area contributed by atoms with Crippen LogP contribution in [0.3, 0.4) is 0 Å². The highest BCUT2D eigenvalue weighted by Gasteiger charge is 2.16. The maximum absolute atomic E-state index is 9.46. The van der Waals surface area contributed by atoms with Crippen molar-refractivity contribution in [1.82, 2.24) is 5.12 Å². The Bertz CT molecular complexity index is 159. The summed E-state index contributed by atoms with van der Waals surface area (Å²) in [6, 6.07) is 0. The first kappa shape index (κ1) is 6.18. The Morgan fingerprint density at radius 3 is 2.50 bits per heavy atom. The minimum Gasteiger partial charge on any atom is -0.229 e. The van der Waals surface area contributed by atoms with Gasteiger partial charge in [0.1, 0.15) is 0 Å². The number of hydrogen-bond donors (Lipinski definition) is 0. The quantitative estimate of drug-likeness (QED) is 0.155. The SMILES string of the molecule is [C-]#[N+]N(C#N)[N+](=O)[O-]. The van der Waals surface area contributed by atoms with Gasteiger partial charge in [0, 0.05) is 0 Å². The van der Waals surface area contributed by atoms with Crippen LogP contribution in [0, 0.1) is 28.1 Å². The monoisotopic (exact) mass is 112 g/mol. The largest absolute Gasteiger partial charge is 0.334 e. The van der Waals surface area contributed by atoms with Gasteiger partial charge in [0.2, 0.25) is 5.03 Å². The average molecular weight is 112 g/mol. The van der Waals surface area contributed by atoms with Crippen LogP contribution in [0.1, 0.15) is 0 Å². The molecule has 0 aromatic carbocycles. The Labute approximate surface area is 44.5 Å². The second-order valence-electron chi connectivity index (χ2n) is 0.727. The Morgan fingerprint density at radius 2 is 2.50 bits per heavy atom. The number of nitriles is 1. The van der Waals surface area contributed by atoms with E-state index in [2.05, 4.69) is 4.95 Å². The summed E-state index contributed by atoms with van der Waals surface area (Å²) >= 11 is 0. The van der Waals surface area contributed by atoms with Gasteiger partial charge in [-0.25, -0.2) is 10.1 Å². The molecule has 6 nitrogen and oxygen atoms in total. The molecule has 0 aromatic heterocycles. The number of hydrogen-bond acceptors (Lipinski definition) is 3. The molecule has 0 amide bonds. The molecule has 0 rings (SSSR count). The molecule has 0 aliphatic rings. The third-order valence-corrected chi connectivity index (χ3v) is 0.339. The van der Waals surface area contributed by atoms with Crippen molar-refractivity contribution in [3.8, 4) is 6.19 Å². The van der Waals surface area contributed by atoms with Crippen LogP contribution in [-0.4, -0.2) is 10.2 Å². The molecule has 0 radical (unpaired) electrons. The fourth-order valence-electron chi connectivity index (χ4n) is 0.0954. The number of nitrogens with zero attached hydrogens (tertiary/aromatic N) is 4. The van der Waals surface area contributed by atoms with E-state index < -0.39 is 5.03 Å². The normalized spacial score (nSPS) is 6.25. The lowest BCUT2D eigenvalue weighted by Crippen LogP contribution is -2.15. The number of hydrazine groups is 1. The van der Waals surface area contributed by atoms with Crippen LogP contribution in [0.25, 0.3) is 4.95 Å². The summed E-state index contributed by atoms with van der Waals surface area (Å²) in [5, 5.41) is 15.8. The van der Waals surface area contributed by atoms with Crippen LogP contribution < -0.4 is 0 Å². The predicted molar refractivity (Wildman–Crippen MR) is 21.0 cm³/mol. The van der Waals surface area contributed by atoms with Crippen LogP contribution in [0.4, 0.5) is 0 Å². The maximum atomic E-state index is 9.46. The molecule has 0 bridgehead atoms. The summed E-state index contributed by atoms with van der Waals surface area (Å²) in [5.74, 6) is 0. The first-order chi connectivity index (χ1) is 3.72. The Kier molecular flexibility index (Phi) is 1.83. The summed E-state index contributed by atoms with van der Waals surface area (Å²) in [7, 11) is 0. The third kappa shape index (κ3) is 1.11. The van der Waals surface area contributed by atoms with Gasteiger partial charge in [-0.1, -0.05) is 4.95 Å². The molecular formula is C2N4O2. The van der Waals surface area contributed by atoms with Gasteiger partial charge in [-0.05, 0) is 0 Å². The molecule has 0 fully saturated rings. The van der Waals surface area contributed by atoms with Gasteiger partial charge in [-0.15, -0.1) is 0 Å². The summed E-state index contributed by atoms with van der Waals surface area (Å²) < 4.78 is 0. The lowest BCUT2D eigenvalue weighted by atomic mass is 11.3. The van der Waals surface area contributed by atoms with Crippen LogP contribution in [0.2, 0.25) is 0 Å².